The summed E-state index contributed by atoms with van der Waals surface area (Å²) in [6.07, 6.45) is 2.09. The number of thiazole rings is 1. The second-order valence-electron chi connectivity index (χ2n) is 8.20. The standard InChI is InChI=1S/C24H28N4O3S/c1-4-19(21-12-15(2)27-31-21)24(30)28-11-5-6-20(28)23(29)25-13-17-7-9-18(10-8-17)22-16(3)26-14-32-22/h7-10,12,14,19-20H,4-6,11,13H2,1-3H3,(H,25,29)/t19-,20+/m1/s1. The van der Waals surface area contributed by atoms with Crippen LogP contribution in [0.25, 0.3) is 10.4 Å². The van der Waals surface area contributed by atoms with Crippen molar-refractivity contribution in [2.45, 2.75) is 58.5 Å². The third-order valence-corrected chi connectivity index (χ3v) is 6.94. The van der Waals surface area contributed by atoms with E-state index in [4.69, 9.17) is 4.52 Å². The van der Waals surface area contributed by atoms with Gasteiger partial charge in [0.2, 0.25) is 11.8 Å². The number of likely N-dealkylation sites (tertiary alicyclic amines) is 1. The Hall–Kier alpha value is -3.00. The van der Waals surface area contributed by atoms with Gasteiger partial charge in [0, 0.05) is 19.2 Å². The van der Waals surface area contributed by atoms with Crippen LogP contribution in [-0.4, -0.2) is 39.4 Å². The fourth-order valence-corrected chi connectivity index (χ4v) is 5.02. The van der Waals surface area contributed by atoms with E-state index >= 15 is 0 Å². The Balaban J connectivity index is 1.38. The fourth-order valence-electron chi connectivity index (χ4n) is 4.21. The first-order valence-electron chi connectivity index (χ1n) is 11.0. The number of nitrogens with zero attached hydrogens (tertiary/aromatic N) is 3. The van der Waals surface area contributed by atoms with Gasteiger partial charge in [0.15, 0.2) is 0 Å². The summed E-state index contributed by atoms with van der Waals surface area (Å²) >= 11 is 1.62. The molecule has 1 aromatic carbocycles. The van der Waals surface area contributed by atoms with Crippen LogP contribution in [0.5, 0.6) is 0 Å². The molecule has 1 aliphatic heterocycles. The molecule has 2 aromatic heterocycles. The number of hydrogen-bond acceptors (Lipinski definition) is 6. The summed E-state index contributed by atoms with van der Waals surface area (Å²) in [5, 5.41) is 6.92. The van der Waals surface area contributed by atoms with Gasteiger partial charge in [-0.3, -0.25) is 9.59 Å². The van der Waals surface area contributed by atoms with Crippen molar-refractivity contribution in [2.24, 2.45) is 0 Å². The lowest BCUT2D eigenvalue weighted by Crippen LogP contribution is -2.47. The van der Waals surface area contributed by atoms with Gasteiger partial charge >= 0.3 is 0 Å². The molecule has 0 spiro atoms. The molecule has 0 saturated carbocycles. The van der Waals surface area contributed by atoms with Gasteiger partial charge in [-0.1, -0.05) is 36.3 Å². The fraction of sp³-hybridized carbons (Fsp3) is 0.417. The van der Waals surface area contributed by atoms with Crippen molar-refractivity contribution in [1.82, 2.24) is 20.4 Å². The Bertz CT molecular complexity index is 1090. The maximum Gasteiger partial charge on any atom is 0.243 e. The Morgan fingerprint density at radius 3 is 2.69 bits per heavy atom. The van der Waals surface area contributed by atoms with Crippen LogP contribution in [-0.2, 0) is 16.1 Å². The van der Waals surface area contributed by atoms with E-state index < -0.39 is 12.0 Å². The van der Waals surface area contributed by atoms with E-state index in [1.54, 1.807) is 22.3 Å². The van der Waals surface area contributed by atoms with E-state index in [9.17, 15) is 9.59 Å². The average molecular weight is 453 g/mol. The summed E-state index contributed by atoms with van der Waals surface area (Å²) in [4.78, 5) is 33.3. The lowest BCUT2D eigenvalue weighted by molar-refractivity contribution is -0.140. The summed E-state index contributed by atoms with van der Waals surface area (Å²) in [5.74, 6) is -0.0166. The van der Waals surface area contributed by atoms with E-state index in [1.165, 1.54) is 0 Å². The number of aromatic nitrogens is 2. The number of aryl methyl sites for hydroxylation is 2. The zero-order chi connectivity index (χ0) is 22.7. The van der Waals surface area contributed by atoms with E-state index in [2.05, 4.69) is 27.6 Å². The first kappa shape index (κ1) is 22.2. The van der Waals surface area contributed by atoms with E-state index in [0.29, 0.717) is 31.7 Å². The molecule has 3 aromatic rings. The van der Waals surface area contributed by atoms with Gasteiger partial charge in [0.1, 0.15) is 11.8 Å². The molecule has 0 radical (unpaired) electrons. The molecule has 2 atom stereocenters. The molecule has 3 heterocycles. The normalized spacial score (nSPS) is 16.8. The molecule has 0 aliphatic carbocycles. The molecule has 7 nitrogen and oxygen atoms in total. The van der Waals surface area contributed by atoms with Gasteiger partial charge in [0.25, 0.3) is 0 Å². The summed E-state index contributed by atoms with van der Waals surface area (Å²) in [7, 11) is 0. The summed E-state index contributed by atoms with van der Waals surface area (Å²) in [6.45, 7) is 6.80. The van der Waals surface area contributed by atoms with Crippen LogP contribution >= 0.6 is 11.3 Å². The first-order chi connectivity index (χ1) is 15.5. The number of hydrogen-bond donors (Lipinski definition) is 1. The molecule has 0 bridgehead atoms. The highest BCUT2D eigenvalue weighted by Gasteiger charge is 2.38. The molecule has 0 unspecified atom stereocenters. The lowest BCUT2D eigenvalue weighted by Gasteiger charge is -2.27. The zero-order valence-electron chi connectivity index (χ0n) is 18.6. The van der Waals surface area contributed by atoms with Crippen molar-refractivity contribution < 1.29 is 14.1 Å². The van der Waals surface area contributed by atoms with Crippen LogP contribution in [0.4, 0.5) is 0 Å². The molecule has 1 aliphatic rings. The van der Waals surface area contributed by atoms with Crippen LogP contribution in [0.3, 0.4) is 0 Å². The summed E-state index contributed by atoms with van der Waals surface area (Å²) in [5.41, 5.74) is 5.76. The maximum absolute atomic E-state index is 13.2. The average Bonchev–Trinajstić information content (AvgIpc) is 3.54. The predicted octanol–water partition coefficient (Wildman–Crippen LogP) is 4.22. The van der Waals surface area contributed by atoms with Crippen LogP contribution in [0.1, 0.15) is 54.8 Å². The molecule has 8 heteroatoms. The quantitative estimate of drug-likeness (QED) is 0.580. The Kier molecular flexibility index (Phi) is 6.69. The van der Waals surface area contributed by atoms with Crippen LogP contribution in [0.2, 0.25) is 0 Å². The number of nitrogens with one attached hydrogen (secondary N) is 1. The minimum absolute atomic E-state index is 0.0643. The topological polar surface area (TPSA) is 88.3 Å². The van der Waals surface area contributed by atoms with Gasteiger partial charge in [-0.15, -0.1) is 11.3 Å². The third-order valence-electron chi connectivity index (χ3n) is 5.96. The monoisotopic (exact) mass is 452 g/mol. The van der Waals surface area contributed by atoms with Crippen molar-refractivity contribution in [3.05, 3.63) is 58.6 Å². The Morgan fingerprint density at radius 2 is 2.06 bits per heavy atom. The summed E-state index contributed by atoms with van der Waals surface area (Å²) < 4.78 is 5.34. The van der Waals surface area contributed by atoms with Crippen LogP contribution < -0.4 is 5.32 Å². The number of carbonyl (C=O) groups is 2. The van der Waals surface area contributed by atoms with E-state index in [1.807, 2.05) is 38.4 Å². The summed E-state index contributed by atoms with van der Waals surface area (Å²) in [6, 6.07) is 9.50. The Morgan fingerprint density at radius 1 is 1.28 bits per heavy atom. The number of benzene rings is 1. The van der Waals surface area contributed by atoms with Crippen molar-refractivity contribution in [1.29, 1.82) is 0 Å². The third kappa shape index (κ3) is 4.60. The highest BCUT2D eigenvalue weighted by atomic mass is 32.1. The Labute approximate surface area is 191 Å². The molecule has 1 saturated heterocycles. The highest BCUT2D eigenvalue weighted by Crippen LogP contribution is 2.29. The van der Waals surface area contributed by atoms with Crippen molar-refractivity contribution in [3.8, 4) is 10.4 Å². The second-order valence-corrected chi connectivity index (χ2v) is 9.06. The van der Waals surface area contributed by atoms with Gasteiger partial charge < -0.3 is 14.7 Å². The molecule has 1 N–H and O–H groups in total. The SMILES string of the molecule is CC[C@@H](C(=O)N1CCC[C@H]1C(=O)NCc1ccc(-c2scnc2C)cc1)c1cc(C)no1. The van der Waals surface area contributed by atoms with E-state index in [-0.39, 0.29) is 11.8 Å². The lowest BCUT2D eigenvalue weighted by atomic mass is 10.0. The van der Waals surface area contributed by atoms with Crippen molar-refractivity contribution >= 4 is 23.2 Å². The smallest absolute Gasteiger partial charge is 0.243 e. The highest BCUT2D eigenvalue weighted by molar-refractivity contribution is 7.13. The van der Waals surface area contributed by atoms with Gasteiger partial charge in [-0.25, -0.2) is 4.98 Å². The number of carbonyl (C=O) groups excluding carboxylic acids is 2. The minimum Gasteiger partial charge on any atom is -0.360 e. The second kappa shape index (κ2) is 9.65. The molecular weight excluding hydrogens is 424 g/mol. The number of amides is 2. The molecule has 168 valence electrons. The predicted molar refractivity (Wildman–Crippen MR) is 123 cm³/mol. The molecular formula is C24H28N4O3S. The van der Waals surface area contributed by atoms with Gasteiger partial charge in [-0.05, 0) is 44.2 Å². The van der Waals surface area contributed by atoms with Gasteiger partial charge in [-0.2, -0.15) is 0 Å². The largest absolute Gasteiger partial charge is 0.360 e. The van der Waals surface area contributed by atoms with Gasteiger partial charge in [0.05, 0.1) is 27.7 Å². The first-order valence-corrected chi connectivity index (χ1v) is 11.9. The molecule has 2 amide bonds. The van der Waals surface area contributed by atoms with Crippen LogP contribution in [0, 0.1) is 13.8 Å². The van der Waals surface area contributed by atoms with Crippen molar-refractivity contribution in [3.63, 3.8) is 0 Å². The minimum atomic E-state index is -0.445. The van der Waals surface area contributed by atoms with E-state index in [0.717, 1.165) is 33.8 Å². The molecule has 1 fully saturated rings. The maximum atomic E-state index is 13.2. The molecule has 4 rings (SSSR count). The number of rotatable bonds is 7. The van der Waals surface area contributed by atoms with Crippen LogP contribution in [0.15, 0.2) is 40.4 Å². The van der Waals surface area contributed by atoms with Crippen molar-refractivity contribution in [2.75, 3.05) is 6.54 Å². The zero-order valence-corrected chi connectivity index (χ0v) is 19.4. The molecule has 32 heavy (non-hydrogen) atoms.